The molecule has 0 bridgehead atoms. The van der Waals surface area contributed by atoms with Crippen LogP contribution in [0.25, 0.3) is 0 Å². The van der Waals surface area contributed by atoms with Crippen molar-refractivity contribution in [2.45, 2.75) is 13.0 Å². The molecule has 1 aliphatic heterocycles. The summed E-state index contributed by atoms with van der Waals surface area (Å²) in [6.45, 7) is 2.08. The molecule has 0 radical (unpaired) electrons. The Kier molecular flexibility index (Phi) is 0.359. The molecular formula is C6H7N. The van der Waals surface area contributed by atoms with Gasteiger partial charge in [-0.25, -0.2) is 0 Å². The Morgan fingerprint density at radius 2 is 2.57 bits per heavy atom. The van der Waals surface area contributed by atoms with Gasteiger partial charge in [0, 0.05) is 6.20 Å². The quantitative estimate of drug-likeness (QED) is 0.467. The highest BCUT2D eigenvalue weighted by atomic mass is 15.0. The van der Waals surface area contributed by atoms with Gasteiger partial charge in [-0.1, -0.05) is 6.08 Å². The molecule has 1 heteroatoms. The first-order valence-electron chi connectivity index (χ1n) is 2.56. The van der Waals surface area contributed by atoms with Gasteiger partial charge in [0.1, 0.15) is 0 Å². The summed E-state index contributed by atoms with van der Waals surface area (Å²) in [6, 6.07) is 0.685. The Hall–Kier alpha value is -0.720. The van der Waals surface area contributed by atoms with Gasteiger partial charge in [-0.05, 0) is 18.1 Å². The highest BCUT2D eigenvalue weighted by Gasteiger charge is 2.41. The lowest BCUT2D eigenvalue weighted by Crippen LogP contribution is -2.14. The summed E-state index contributed by atoms with van der Waals surface area (Å²) in [5.74, 6) is 0. The van der Waals surface area contributed by atoms with E-state index in [4.69, 9.17) is 0 Å². The van der Waals surface area contributed by atoms with E-state index in [1.165, 1.54) is 11.1 Å². The van der Waals surface area contributed by atoms with E-state index in [-0.39, 0.29) is 0 Å². The predicted molar refractivity (Wildman–Crippen MR) is 28.8 cm³/mol. The maximum atomic E-state index is 3.15. The molecule has 7 heavy (non-hydrogen) atoms. The van der Waals surface area contributed by atoms with Gasteiger partial charge in [-0.3, -0.25) is 0 Å². The minimum atomic E-state index is 0.685. The van der Waals surface area contributed by atoms with Gasteiger partial charge >= 0.3 is 0 Å². The van der Waals surface area contributed by atoms with E-state index in [9.17, 15) is 0 Å². The van der Waals surface area contributed by atoms with Crippen LogP contribution in [0.1, 0.15) is 6.92 Å². The number of hydrogen-bond acceptors (Lipinski definition) is 1. The van der Waals surface area contributed by atoms with Crippen LogP contribution >= 0.6 is 0 Å². The minimum Gasteiger partial charge on any atom is -0.380 e. The largest absolute Gasteiger partial charge is 0.380 e. The number of fused-ring (bicyclic) bond motifs is 1. The third-order valence-corrected chi connectivity index (χ3v) is 1.59. The lowest BCUT2D eigenvalue weighted by Gasteiger charge is -1.97. The second-order valence-electron chi connectivity index (χ2n) is 1.94. The number of allylic oxidation sites excluding steroid dienone is 1. The Bertz CT molecular complexity index is 165. The monoisotopic (exact) mass is 93.1 g/mol. The van der Waals surface area contributed by atoms with Crippen molar-refractivity contribution in [3.63, 3.8) is 0 Å². The van der Waals surface area contributed by atoms with E-state index >= 15 is 0 Å². The van der Waals surface area contributed by atoms with Crippen molar-refractivity contribution in [3.05, 3.63) is 23.4 Å². The highest BCUT2D eigenvalue weighted by molar-refractivity contribution is 5.65. The van der Waals surface area contributed by atoms with Crippen LogP contribution in [0.3, 0.4) is 0 Å². The molecule has 2 aliphatic rings. The normalized spacial score (nSPS) is 38.1. The van der Waals surface area contributed by atoms with E-state index < -0.39 is 0 Å². The Morgan fingerprint density at radius 3 is 2.71 bits per heavy atom. The summed E-state index contributed by atoms with van der Waals surface area (Å²) in [5, 5.41) is 3.15. The van der Waals surface area contributed by atoms with Crippen LogP contribution in [0.15, 0.2) is 23.4 Å². The maximum Gasteiger partial charge on any atom is 0.0780 e. The molecule has 0 aromatic rings. The fourth-order valence-corrected chi connectivity index (χ4v) is 1.01. The molecule has 36 valence electrons. The zero-order valence-corrected chi connectivity index (χ0v) is 4.23. The molecule has 0 amide bonds. The first kappa shape index (κ1) is 3.30. The fraction of sp³-hybridized carbons (Fsp3) is 0.333. The van der Waals surface area contributed by atoms with Crippen LogP contribution in [0.5, 0.6) is 0 Å². The van der Waals surface area contributed by atoms with Crippen LogP contribution in [0, 0.1) is 0 Å². The first-order chi connectivity index (χ1) is 3.43. The van der Waals surface area contributed by atoms with Gasteiger partial charge in [0.2, 0.25) is 0 Å². The van der Waals surface area contributed by atoms with Gasteiger partial charge in [0.15, 0.2) is 0 Å². The first-order valence-corrected chi connectivity index (χ1v) is 2.56. The standard InChI is InChI=1S/C6H7N/c1-2-4-5-3-7-6(4)5/h2-3,6-7H,1H3/b4-2+. The Morgan fingerprint density at radius 1 is 1.86 bits per heavy atom. The third-order valence-electron chi connectivity index (χ3n) is 1.59. The summed E-state index contributed by atoms with van der Waals surface area (Å²) in [4.78, 5) is 0. The third kappa shape index (κ3) is 0.214. The van der Waals surface area contributed by atoms with Gasteiger partial charge < -0.3 is 5.32 Å². The molecule has 0 spiro atoms. The van der Waals surface area contributed by atoms with Crippen molar-refractivity contribution in [1.29, 1.82) is 0 Å². The molecule has 1 N–H and O–H groups in total. The molecule has 0 aromatic heterocycles. The van der Waals surface area contributed by atoms with Crippen molar-refractivity contribution in [3.8, 4) is 0 Å². The maximum absolute atomic E-state index is 3.15. The molecule has 1 aliphatic carbocycles. The van der Waals surface area contributed by atoms with Gasteiger partial charge in [-0.15, -0.1) is 0 Å². The topological polar surface area (TPSA) is 12.0 Å². The zero-order valence-electron chi connectivity index (χ0n) is 4.23. The van der Waals surface area contributed by atoms with E-state index in [1.54, 1.807) is 0 Å². The second kappa shape index (κ2) is 0.760. The van der Waals surface area contributed by atoms with Gasteiger partial charge in [-0.2, -0.15) is 0 Å². The van der Waals surface area contributed by atoms with E-state index in [0.717, 1.165) is 0 Å². The molecule has 1 unspecified atom stereocenters. The minimum absolute atomic E-state index is 0.685. The fourth-order valence-electron chi connectivity index (χ4n) is 1.01. The highest BCUT2D eigenvalue weighted by Crippen LogP contribution is 2.42. The Labute approximate surface area is 42.7 Å². The molecule has 1 saturated carbocycles. The van der Waals surface area contributed by atoms with Crippen LogP contribution in [0.2, 0.25) is 0 Å². The lowest BCUT2D eigenvalue weighted by atomic mass is 10.5. The molecule has 2 rings (SSSR count). The summed E-state index contributed by atoms with van der Waals surface area (Å²) in [5.41, 5.74) is 3.02. The SMILES string of the molecule is C/C=C1\C2=CNC21. The summed E-state index contributed by atoms with van der Waals surface area (Å²) in [6.07, 6.45) is 4.23. The van der Waals surface area contributed by atoms with Crippen molar-refractivity contribution in [2.24, 2.45) is 0 Å². The lowest BCUT2D eigenvalue weighted by molar-refractivity contribution is 0.862. The molecule has 1 heterocycles. The Balaban J connectivity index is 2.39. The number of hydrogen-bond donors (Lipinski definition) is 1. The predicted octanol–water partition coefficient (Wildman–Crippen LogP) is 0.802. The number of rotatable bonds is 0. The summed E-state index contributed by atoms with van der Waals surface area (Å²) in [7, 11) is 0. The van der Waals surface area contributed by atoms with E-state index in [2.05, 4.69) is 24.5 Å². The van der Waals surface area contributed by atoms with E-state index in [0.29, 0.717) is 6.04 Å². The van der Waals surface area contributed by atoms with Gasteiger partial charge in [0.25, 0.3) is 0 Å². The average Bonchev–Trinajstić information content (AvgIpc) is 2.07. The molecule has 0 saturated heterocycles. The average molecular weight is 93.1 g/mol. The van der Waals surface area contributed by atoms with Crippen molar-refractivity contribution < 1.29 is 0 Å². The van der Waals surface area contributed by atoms with Crippen LogP contribution in [-0.4, -0.2) is 6.04 Å². The van der Waals surface area contributed by atoms with Crippen molar-refractivity contribution >= 4 is 0 Å². The van der Waals surface area contributed by atoms with Crippen LogP contribution in [-0.2, 0) is 0 Å². The molecule has 1 atom stereocenters. The summed E-state index contributed by atoms with van der Waals surface area (Å²) < 4.78 is 0. The van der Waals surface area contributed by atoms with Crippen molar-refractivity contribution in [2.75, 3.05) is 0 Å². The number of nitrogens with one attached hydrogen (secondary N) is 1. The second-order valence-corrected chi connectivity index (χ2v) is 1.94. The molecule has 0 aromatic carbocycles. The van der Waals surface area contributed by atoms with Crippen molar-refractivity contribution in [1.82, 2.24) is 5.32 Å². The molecule has 1 fully saturated rings. The van der Waals surface area contributed by atoms with E-state index in [1.807, 2.05) is 0 Å². The molecular weight excluding hydrogens is 86.1 g/mol. The van der Waals surface area contributed by atoms with Crippen LogP contribution in [0.4, 0.5) is 0 Å². The van der Waals surface area contributed by atoms with Gasteiger partial charge in [0.05, 0.1) is 6.04 Å². The smallest absolute Gasteiger partial charge is 0.0780 e. The molecule has 1 nitrogen and oxygen atoms in total. The summed E-state index contributed by atoms with van der Waals surface area (Å²) >= 11 is 0. The van der Waals surface area contributed by atoms with Crippen LogP contribution < -0.4 is 5.32 Å². The zero-order chi connectivity index (χ0) is 4.85.